The molecule has 0 aliphatic carbocycles. The summed E-state index contributed by atoms with van der Waals surface area (Å²) in [7, 11) is 0. The van der Waals surface area contributed by atoms with Gasteiger partial charge in [-0.15, -0.1) is 0 Å². The van der Waals surface area contributed by atoms with E-state index >= 15 is 0 Å². The van der Waals surface area contributed by atoms with Crippen LogP contribution in [0, 0.1) is 10.8 Å². The van der Waals surface area contributed by atoms with Gasteiger partial charge >= 0.3 is 11.9 Å². The highest BCUT2D eigenvalue weighted by Crippen LogP contribution is 2.22. The summed E-state index contributed by atoms with van der Waals surface area (Å²) in [6, 6.07) is 0. The van der Waals surface area contributed by atoms with Gasteiger partial charge in [0, 0.05) is 0 Å². The van der Waals surface area contributed by atoms with Crippen molar-refractivity contribution in [2.75, 3.05) is 26.4 Å². The first kappa shape index (κ1) is 17.0. The Morgan fingerprint density at radius 1 is 1.00 bits per heavy atom. The zero-order valence-corrected chi connectivity index (χ0v) is 11.4. The quantitative estimate of drug-likeness (QED) is 0.384. The maximum atomic E-state index is 11.8. The molecule has 0 aliphatic heterocycles. The fraction of sp³-hybridized carbons (Fsp3) is 0.833. The van der Waals surface area contributed by atoms with Crippen LogP contribution >= 0.6 is 0 Å². The molecule has 0 unspecified atom stereocenters. The lowest BCUT2D eigenvalue weighted by Gasteiger charge is -2.24. The van der Waals surface area contributed by atoms with Gasteiger partial charge in [-0.05, 0) is 27.7 Å². The molecule has 0 aromatic carbocycles. The number of ether oxygens (including phenoxy) is 2. The third-order valence-electron chi connectivity index (χ3n) is 2.38. The number of rotatable bonds is 7. The Balaban J connectivity index is 4.43. The lowest BCUT2D eigenvalue weighted by atomic mass is 9.93. The number of esters is 2. The first-order valence-electron chi connectivity index (χ1n) is 5.73. The van der Waals surface area contributed by atoms with Gasteiger partial charge in [0.15, 0.2) is 0 Å². The van der Waals surface area contributed by atoms with Crippen LogP contribution in [0.3, 0.4) is 0 Å². The third-order valence-corrected chi connectivity index (χ3v) is 2.38. The van der Waals surface area contributed by atoms with Crippen LogP contribution < -0.4 is 0 Å². The molecular formula is C12H22O6. The lowest BCUT2D eigenvalue weighted by Crippen LogP contribution is -2.38. The molecule has 0 radical (unpaired) electrons. The number of hydrogen-bond acceptors (Lipinski definition) is 6. The van der Waals surface area contributed by atoms with Crippen LogP contribution in [-0.4, -0.2) is 48.6 Å². The molecule has 0 aromatic heterocycles. The Labute approximate surface area is 107 Å². The summed E-state index contributed by atoms with van der Waals surface area (Å²) >= 11 is 0. The standard InChI is InChI=1S/C12H22O6/c1-11(2,7-14)9(15)18-10(16)12(3,4)8-17-6-5-13/h13-14H,5-8H2,1-4H3. The van der Waals surface area contributed by atoms with Crippen molar-refractivity contribution >= 4 is 11.9 Å². The third kappa shape index (κ3) is 5.12. The van der Waals surface area contributed by atoms with Crippen molar-refractivity contribution in [2.45, 2.75) is 27.7 Å². The van der Waals surface area contributed by atoms with Crippen LogP contribution in [0.25, 0.3) is 0 Å². The number of hydrogen-bond donors (Lipinski definition) is 2. The van der Waals surface area contributed by atoms with Gasteiger partial charge in [-0.2, -0.15) is 0 Å². The van der Waals surface area contributed by atoms with Gasteiger partial charge in [-0.1, -0.05) is 0 Å². The number of carbonyl (C=O) groups is 2. The fourth-order valence-electron chi connectivity index (χ4n) is 0.876. The minimum absolute atomic E-state index is 0.0409. The van der Waals surface area contributed by atoms with Crippen molar-refractivity contribution in [2.24, 2.45) is 10.8 Å². The number of aliphatic hydroxyl groups is 2. The van der Waals surface area contributed by atoms with E-state index in [0.29, 0.717) is 0 Å². The smallest absolute Gasteiger partial charge is 0.321 e. The molecule has 2 N–H and O–H groups in total. The monoisotopic (exact) mass is 262 g/mol. The van der Waals surface area contributed by atoms with E-state index in [2.05, 4.69) is 0 Å². The van der Waals surface area contributed by atoms with Crippen molar-refractivity contribution in [3.63, 3.8) is 0 Å². The zero-order chi connectivity index (χ0) is 14.4. The highest BCUT2D eigenvalue weighted by molar-refractivity contribution is 5.91. The molecule has 18 heavy (non-hydrogen) atoms. The van der Waals surface area contributed by atoms with E-state index in [1.807, 2.05) is 0 Å². The predicted molar refractivity (Wildman–Crippen MR) is 63.7 cm³/mol. The molecule has 0 bridgehead atoms. The maximum absolute atomic E-state index is 11.8. The number of carbonyl (C=O) groups excluding carboxylic acids is 2. The second-order valence-electron chi connectivity index (χ2n) is 5.38. The summed E-state index contributed by atoms with van der Waals surface area (Å²) < 4.78 is 9.77. The van der Waals surface area contributed by atoms with Crippen LogP contribution in [0.5, 0.6) is 0 Å². The highest BCUT2D eigenvalue weighted by Gasteiger charge is 2.36. The molecule has 0 spiro atoms. The van der Waals surface area contributed by atoms with Gasteiger partial charge in [0.1, 0.15) is 0 Å². The van der Waals surface area contributed by atoms with Crippen LogP contribution in [-0.2, 0) is 19.1 Å². The average molecular weight is 262 g/mol. The van der Waals surface area contributed by atoms with Crippen LogP contribution in [0.15, 0.2) is 0 Å². The van der Waals surface area contributed by atoms with Crippen LogP contribution in [0.1, 0.15) is 27.7 Å². The SMILES string of the molecule is CC(C)(CO)C(=O)OC(=O)C(C)(C)COCCO. The average Bonchev–Trinajstić information content (AvgIpc) is 2.28. The van der Waals surface area contributed by atoms with E-state index in [9.17, 15) is 9.59 Å². The summed E-state index contributed by atoms with van der Waals surface area (Å²) in [6.45, 7) is 5.74. The maximum Gasteiger partial charge on any atom is 0.321 e. The van der Waals surface area contributed by atoms with Crippen molar-refractivity contribution in [3.05, 3.63) is 0 Å². The Bertz CT molecular complexity index is 295. The van der Waals surface area contributed by atoms with E-state index < -0.39 is 29.4 Å². The van der Waals surface area contributed by atoms with E-state index in [1.54, 1.807) is 13.8 Å². The fourth-order valence-corrected chi connectivity index (χ4v) is 0.876. The van der Waals surface area contributed by atoms with Gasteiger partial charge in [0.05, 0.1) is 37.3 Å². The molecule has 0 aromatic rings. The van der Waals surface area contributed by atoms with E-state index in [1.165, 1.54) is 13.8 Å². The first-order chi connectivity index (χ1) is 8.17. The second kappa shape index (κ2) is 6.82. The molecular weight excluding hydrogens is 240 g/mol. The molecule has 0 fully saturated rings. The molecule has 0 heterocycles. The van der Waals surface area contributed by atoms with Gasteiger partial charge in [0.25, 0.3) is 0 Å². The summed E-state index contributed by atoms with van der Waals surface area (Å²) in [5, 5.41) is 17.6. The molecule has 0 saturated heterocycles. The van der Waals surface area contributed by atoms with E-state index in [-0.39, 0.29) is 19.8 Å². The van der Waals surface area contributed by atoms with Crippen molar-refractivity contribution in [3.8, 4) is 0 Å². The van der Waals surface area contributed by atoms with Gasteiger partial charge in [0.2, 0.25) is 0 Å². The molecule has 6 heteroatoms. The lowest BCUT2D eigenvalue weighted by molar-refractivity contribution is -0.175. The first-order valence-corrected chi connectivity index (χ1v) is 5.73. The second-order valence-corrected chi connectivity index (χ2v) is 5.38. The van der Waals surface area contributed by atoms with Crippen LogP contribution in [0.4, 0.5) is 0 Å². The van der Waals surface area contributed by atoms with E-state index in [4.69, 9.17) is 19.7 Å². The molecule has 0 aliphatic rings. The largest absolute Gasteiger partial charge is 0.395 e. The Hall–Kier alpha value is -0.980. The summed E-state index contributed by atoms with van der Waals surface area (Å²) in [4.78, 5) is 23.4. The highest BCUT2D eigenvalue weighted by atomic mass is 16.6. The summed E-state index contributed by atoms with van der Waals surface area (Å²) in [5.41, 5.74) is -2.10. The minimum atomic E-state index is -1.11. The molecule has 6 nitrogen and oxygen atoms in total. The van der Waals surface area contributed by atoms with E-state index in [0.717, 1.165) is 0 Å². The molecule has 0 atom stereocenters. The van der Waals surface area contributed by atoms with Crippen molar-refractivity contribution < 1.29 is 29.3 Å². The molecule has 0 rings (SSSR count). The molecule has 106 valence electrons. The van der Waals surface area contributed by atoms with Gasteiger partial charge < -0.3 is 19.7 Å². The van der Waals surface area contributed by atoms with Crippen LogP contribution in [0.2, 0.25) is 0 Å². The summed E-state index contributed by atoms with van der Waals surface area (Å²) in [5.74, 6) is -1.49. The number of aliphatic hydroxyl groups excluding tert-OH is 2. The normalized spacial score (nSPS) is 12.3. The summed E-state index contributed by atoms with van der Waals surface area (Å²) in [6.07, 6.45) is 0. The van der Waals surface area contributed by atoms with Gasteiger partial charge in [-0.3, -0.25) is 9.59 Å². The van der Waals surface area contributed by atoms with Gasteiger partial charge in [-0.25, -0.2) is 0 Å². The van der Waals surface area contributed by atoms with Crippen molar-refractivity contribution in [1.29, 1.82) is 0 Å². The Morgan fingerprint density at radius 3 is 1.94 bits per heavy atom. The zero-order valence-electron chi connectivity index (χ0n) is 11.4. The Morgan fingerprint density at radius 2 is 1.50 bits per heavy atom. The Kier molecular flexibility index (Phi) is 6.45. The van der Waals surface area contributed by atoms with Crippen molar-refractivity contribution in [1.82, 2.24) is 0 Å². The predicted octanol–water partition coefficient (Wildman–Crippen LogP) is 0.110. The topological polar surface area (TPSA) is 93.1 Å². The molecule has 0 amide bonds. The minimum Gasteiger partial charge on any atom is -0.395 e. The molecule has 0 saturated carbocycles.